The first kappa shape index (κ1) is 16.1. The summed E-state index contributed by atoms with van der Waals surface area (Å²) in [6.07, 6.45) is 0. The second kappa shape index (κ2) is 7.13. The third-order valence-corrected chi connectivity index (χ3v) is 5.43. The van der Waals surface area contributed by atoms with Crippen molar-refractivity contribution < 1.29 is 9.47 Å². The van der Waals surface area contributed by atoms with Gasteiger partial charge < -0.3 is 9.47 Å². The molecule has 0 fully saturated rings. The van der Waals surface area contributed by atoms with Crippen LogP contribution in [0.5, 0.6) is 11.5 Å². The molecule has 2 nitrogen and oxygen atoms in total. The van der Waals surface area contributed by atoms with Crippen LogP contribution in [-0.2, 0) is 0 Å². The van der Waals surface area contributed by atoms with Crippen molar-refractivity contribution in [3.63, 3.8) is 0 Å². The smallest absolute Gasteiger partial charge is 0.161 e. The van der Waals surface area contributed by atoms with Gasteiger partial charge >= 0.3 is 0 Å². The van der Waals surface area contributed by atoms with Gasteiger partial charge in [-0.15, -0.1) is 0 Å². The van der Waals surface area contributed by atoms with Crippen LogP contribution < -0.4 is 9.47 Å². The molecule has 2 rings (SSSR count). The normalized spacial score (nSPS) is 12.1. The summed E-state index contributed by atoms with van der Waals surface area (Å²) in [4.78, 5) is 0.103. The van der Waals surface area contributed by atoms with Crippen molar-refractivity contribution >= 4 is 54.5 Å². The Balaban J connectivity index is 2.42. The number of ether oxygens (including phenoxy) is 2. The minimum Gasteiger partial charge on any atom is -0.493 e. The van der Waals surface area contributed by atoms with Gasteiger partial charge in [0.1, 0.15) is 0 Å². The number of benzene rings is 2. The minimum atomic E-state index is 0.103. The lowest BCUT2D eigenvalue weighted by Gasteiger charge is -2.15. The van der Waals surface area contributed by atoms with E-state index < -0.39 is 0 Å². The molecule has 2 aromatic carbocycles. The number of alkyl halides is 1. The zero-order valence-electron chi connectivity index (χ0n) is 11.0. The number of methoxy groups -OCH3 is 2. The maximum absolute atomic E-state index is 5.36. The van der Waals surface area contributed by atoms with Gasteiger partial charge in [-0.2, -0.15) is 0 Å². The van der Waals surface area contributed by atoms with E-state index in [0.29, 0.717) is 0 Å². The highest BCUT2D eigenvalue weighted by Gasteiger charge is 2.16. The van der Waals surface area contributed by atoms with Gasteiger partial charge in [0.05, 0.1) is 19.0 Å². The van der Waals surface area contributed by atoms with Gasteiger partial charge in [0, 0.05) is 8.04 Å². The Kier molecular flexibility index (Phi) is 5.74. The van der Waals surface area contributed by atoms with Crippen molar-refractivity contribution in [1.29, 1.82) is 0 Å². The molecule has 2 aromatic rings. The first-order chi connectivity index (χ1) is 9.56. The van der Waals surface area contributed by atoms with E-state index in [0.717, 1.165) is 21.5 Å². The fraction of sp³-hybridized carbons (Fsp3) is 0.200. The molecular formula is C15H13Br2IO2. The van der Waals surface area contributed by atoms with Crippen molar-refractivity contribution in [2.24, 2.45) is 0 Å². The van der Waals surface area contributed by atoms with Gasteiger partial charge in [0.15, 0.2) is 11.5 Å². The molecule has 0 spiro atoms. The summed E-state index contributed by atoms with van der Waals surface area (Å²) in [5, 5.41) is 0. The number of halogens is 3. The third-order valence-electron chi connectivity index (χ3n) is 2.93. The van der Waals surface area contributed by atoms with Crippen LogP contribution in [0.25, 0.3) is 0 Å². The molecule has 0 aliphatic heterocycles. The molecule has 0 aliphatic carbocycles. The number of rotatable bonds is 4. The number of hydrogen-bond acceptors (Lipinski definition) is 2. The topological polar surface area (TPSA) is 18.5 Å². The van der Waals surface area contributed by atoms with E-state index in [1.165, 1.54) is 9.13 Å². The van der Waals surface area contributed by atoms with Crippen LogP contribution in [0, 0.1) is 3.57 Å². The van der Waals surface area contributed by atoms with Crippen LogP contribution in [0.1, 0.15) is 16.0 Å². The first-order valence-electron chi connectivity index (χ1n) is 5.87. The zero-order chi connectivity index (χ0) is 14.7. The molecule has 0 saturated heterocycles. The highest BCUT2D eigenvalue weighted by Crippen LogP contribution is 2.38. The molecular weight excluding hydrogens is 499 g/mol. The molecule has 0 radical (unpaired) electrons. The Morgan fingerprint density at radius 2 is 1.70 bits per heavy atom. The van der Waals surface area contributed by atoms with Gasteiger partial charge in [-0.3, -0.25) is 0 Å². The molecule has 20 heavy (non-hydrogen) atoms. The average Bonchev–Trinajstić information content (AvgIpc) is 2.48. The maximum atomic E-state index is 5.36. The summed E-state index contributed by atoms with van der Waals surface area (Å²) in [6.45, 7) is 0. The molecule has 0 N–H and O–H groups in total. The SMILES string of the molecule is COc1ccc(C(Br)c2cc(Br)ccc2I)cc1OC. The van der Waals surface area contributed by atoms with Crippen molar-refractivity contribution in [3.8, 4) is 11.5 Å². The van der Waals surface area contributed by atoms with Crippen LogP contribution in [0.2, 0.25) is 0 Å². The van der Waals surface area contributed by atoms with Crippen LogP contribution in [0.3, 0.4) is 0 Å². The van der Waals surface area contributed by atoms with E-state index in [1.54, 1.807) is 14.2 Å². The molecule has 0 amide bonds. The highest BCUT2D eigenvalue weighted by molar-refractivity contribution is 14.1. The summed E-state index contributed by atoms with van der Waals surface area (Å²) in [5.74, 6) is 1.47. The molecule has 1 unspecified atom stereocenters. The summed E-state index contributed by atoms with van der Waals surface area (Å²) in [5.41, 5.74) is 2.34. The molecule has 5 heteroatoms. The Morgan fingerprint density at radius 1 is 1.00 bits per heavy atom. The summed E-state index contributed by atoms with van der Waals surface area (Å²) >= 11 is 9.63. The van der Waals surface area contributed by atoms with Crippen molar-refractivity contribution in [1.82, 2.24) is 0 Å². The fourth-order valence-electron chi connectivity index (χ4n) is 1.90. The van der Waals surface area contributed by atoms with E-state index in [2.05, 4.69) is 66.6 Å². The lowest BCUT2D eigenvalue weighted by Crippen LogP contribution is -1.98. The molecule has 0 aromatic heterocycles. The largest absolute Gasteiger partial charge is 0.493 e. The maximum Gasteiger partial charge on any atom is 0.161 e. The lowest BCUT2D eigenvalue weighted by molar-refractivity contribution is 0.354. The average molecular weight is 512 g/mol. The Labute approximate surface area is 149 Å². The fourth-order valence-corrected chi connectivity index (χ4v) is 4.02. The zero-order valence-corrected chi connectivity index (χ0v) is 16.3. The third kappa shape index (κ3) is 3.49. The first-order valence-corrected chi connectivity index (χ1v) is 8.66. The summed E-state index contributed by atoms with van der Waals surface area (Å²) in [6, 6.07) is 12.2. The lowest BCUT2D eigenvalue weighted by atomic mass is 10.0. The van der Waals surface area contributed by atoms with E-state index in [-0.39, 0.29) is 4.83 Å². The molecule has 0 heterocycles. The molecule has 1 atom stereocenters. The molecule has 106 valence electrons. The summed E-state index contributed by atoms with van der Waals surface area (Å²) in [7, 11) is 3.29. The predicted molar refractivity (Wildman–Crippen MR) is 97.2 cm³/mol. The van der Waals surface area contributed by atoms with Gasteiger partial charge in [0.2, 0.25) is 0 Å². The van der Waals surface area contributed by atoms with Crippen molar-refractivity contribution in [3.05, 3.63) is 55.6 Å². The predicted octanol–water partition coefficient (Wildman–Crippen LogP) is 5.56. The van der Waals surface area contributed by atoms with Crippen LogP contribution in [0.4, 0.5) is 0 Å². The van der Waals surface area contributed by atoms with Crippen LogP contribution >= 0.6 is 54.5 Å². The Bertz CT molecular complexity index is 617. The van der Waals surface area contributed by atoms with E-state index in [9.17, 15) is 0 Å². The summed E-state index contributed by atoms with van der Waals surface area (Å²) < 4.78 is 12.9. The van der Waals surface area contributed by atoms with E-state index in [1.807, 2.05) is 24.3 Å². The quantitative estimate of drug-likeness (QED) is 0.395. The Morgan fingerprint density at radius 3 is 2.35 bits per heavy atom. The van der Waals surface area contributed by atoms with Gasteiger partial charge in [-0.25, -0.2) is 0 Å². The minimum absolute atomic E-state index is 0.103. The van der Waals surface area contributed by atoms with E-state index >= 15 is 0 Å². The molecule has 0 aliphatic rings. The van der Waals surface area contributed by atoms with Gasteiger partial charge in [-0.1, -0.05) is 37.9 Å². The second-order valence-electron chi connectivity index (χ2n) is 4.14. The highest BCUT2D eigenvalue weighted by atomic mass is 127. The number of hydrogen-bond donors (Lipinski definition) is 0. The van der Waals surface area contributed by atoms with E-state index in [4.69, 9.17) is 9.47 Å². The monoisotopic (exact) mass is 510 g/mol. The van der Waals surface area contributed by atoms with Crippen LogP contribution in [-0.4, -0.2) is 14.2 Å². The standard InChI is InChI=1S/C15H13Br2IO2/c1-19-13-6-3-9(7-14(13)20-2)15(17)11-8-10(16)4-5-12(11)18/h3-8,15H,1-2H3. The second-order valence-corrected chi connectivity index (χ2v) is 7.14. The van der Waals surface area contributed by atoms with Crippen LogP contribution in [0.15, 0.2) is 40.9 Å². The van der Waals surface area contributed by atoms with Crippen molar-refractivity contribution in [2.45, 2.75) is 4.83 Å². The van der Waals surface area contributed by atoms with Crippen molar-refractivity contribution in [2.75, 3.05) is 14.2 Å². The Hall–Kier alpha value is -0.270. The molecule has 0 bridgehead atoms. The van der Waals surface area contributed by atoms with Gasteiger partial charge in [-0.05, 0) is 64.0 Å². The molecule has 0 saturated carbocycles. The van der Waals surface area contributed by atoms with Gasteiger partial charge in [0.25, 0.3) is 0 Å².